The first-order chi connectivity index (χ1) is 9.66. The Morgan fingerprint density at radius 1 is 1.35 bits per heavy atom. The molecular weight excluding hydrogens is 268 g/mol. The number of ether oxygens (including phenoxy) is 1. The largest absolute Gasteiger partial charge is 0.381 e. The molecule has 2 aliphatic heterocycles. The number of hydrogen-bond donors (Lipinski definition) is 0. The fourth-order valence-electron chi connectivity index (χ4n) is 3.37. The van der Waals surface area contributed by atoms with E-state index in [0.717, 1.165) is 19.1 Å². The molecular formula is C16H26N2OS. The second-order valence-electron chi connectivity index (χ2n) is 6.69. The Kier molecular flexibility index (Phi) is 4.43. The number of hydrogen-bond acceptors (Lipinski definition) is 4. The lowest BCUT2D eigenvalue weighted by atomic mass is 9.80. The van der Waals surface area contributed by atoms with Gasteiger partial charge >= 0.3 is 0 Å². The Morgan fingerprint density at radius 3 is 2.65 bits per heavy atom. The van der Waals surface area contributed by atoms with Crippen molar-refractivity contribution in [2.75, 3.05) is 32.8 Å². The van der Waals surface area contributed by atoms with Crippen LogP contribution in [0.4, 0.5) is 0 Å². The van der Waals surface area contributed by atoms with Crippen LogP contribution in [0, 0.1) is 12.8 Å². The minimum absolute atomic E-state index is 0.311. The first-order valence-electron chi connectivity index (χ1n) is 7.89. The molecule has 0 spiro atoms. The zero-order chi connectivity index (χ0) is 14.0. The lowest BCUT2D eigenvalue weighted by Crippen LogP contribution is -2.43. The van der Waals surface area contributed by atoms with Crippen LogP contribution in [0.5, 0.6) is 0 Å². The molecule has 0 atom stereocenters. The molecule has 0 saturated carbocycles. The van der Waals surface area contributed by atoms with E-state index in [1.54, 1.807) is 0 Å². The number of piperidine rings is 1. The standard InChI is InChI=1S/C16H26N2OS/c1-13-11-17-15(20-13)16(2)5-7-18(8-6-16)12-14-3-9-19-10-4-14/h11,14H,3-10,12H2,1-2H3. The van der Waals surface area contributed by atoms with E-state index < -0.39 is 0 Å². The number of aryl methyl sites for hydroxylation is 1. The van der Waals surface area contributed by atoms with E-state index in [-0.39, 0.29) is 0 Å². The summed E-state index contributed by atoms with van der Waals surface area (Å²) < 4.78 is 5.46. The van der Waals surface area contributed by atoms with Crippen molar-refractivity contribution in [1.29, 1.82) is 0 Å². The van der Waals surface area contributed by atoms with Gasteiger partial charge in [0.25, 0.3) is 0 Å². The van der Waals surface area contributed by atoms with Gasteiger partial charge in [0.2, 0.25) is 0 Å². The quantitative estimate of drug-likeness (QED) is 0.856. The van der Waals surface area contributed by atoms with Crippen molar-refractivity contribution in [2.45, 2.75) is 44.9 Å². The van der Waals surface area contributed by atoms with Crippen LogP contribution in [0.2, 0.25) is 0 Å². The van der Waals surface area contributed by atoms with Crippen molar-refractivity contribution in [2.24, 2.45) is 5.92 Å². The molecule has 0 bridgehead atoms. The molecule has 3 heterocycles. The van der Waals surface area contributed by atoms with Crippen LogP contribution in [0.15, 0.2) is 6.20 Å². The van der Waals surface area contributed by atoms with Gasteiger partial charge in [0, 0.05) is 36.2 Å². The van der Waals surface area contributed by atoms with Gasteiger partial charge in [-0.1, -0.05) is 6.92 Å². The molecule has 3 nitrogen and oxygen atoms in total. The van der Waals surface area contributed by atoms with Gasteiger partial charge in [-0.15, -0.1) is 11.3 Å². The third kappa shape index (κ3) is 3.23. The predicted molar refractivity (Wildman–Crippen MR) is 83.4 cm³/mol. The van der Waals surface area contributed by atoms with Crippen LogP contribution in [0.3, 0.4) is 0 Å². The number of rotatable bonds is 3. The molecule has 2 aliphatic rings. The van der Waals surface area contributed by atoms with Gasteiger partial charge in [-0.05, 0) is 51.6 Å². The summed E-state index contributed by atoms with van der Waals surface area (Å²) in [7, 11) is 0. The first-order valence-corrected chi connectivity index (χ1v) is 8.70. The van der Waals surface area contributed by atoms with Crippen LogP contribution in [-0.4, -0.2) is 42.7 Å². The molecule has 0 radical (unpaired) electrons. The smallest absolute Gasteiger partial charge is 0.0987 e. The maximum atomic E-state index is 5.46. The second kappa shape index (κ2) is 6.12. The lowest BCUT2D eigenvalue weighted by molar-refractivity contribution is 0.0454. The second-order valence-corrected chi connectivity index (χ2v) is 7.93. The van der Waals surface area contributed by atoms with E-state index in [2.05, 4.69) is 23.7 Å². The molecule has 1 aromatic heterocycles. The van der Waals surface area contributed by atoms with Gasteiger partial charge in [0.15, 0.2) is 0 Å². The molecule has 2 saturated heterocycles. The monoisotopic (exact) mass is 294 g/mol. The van der Waals surface area contributed by atoms with Crippen LogP contribution < -0.4 is 0 Å². The minimum atomic E-state index is 0.311. The van der Waals surface area contributed by atoms with Crippen LogP contribution in [0.1, 0.15) is 42.5 Å². The summed E-state index contributed by atoms with van der Waals surface area (Å²) in [6, 6.07) is 0. The van der Waals surface area contributed by atoms with E-state index in [0.29, 0.717) is 5.41 Å². The van der Waals surface area contributed by atoms with E-state index in [9.17, 15) is 0 Å². The zero-order valence-corrected chi connectivity index (χ0v) is 13.5. The molecule has 2 fully saturated rings. The molecule has 0 unspecified atom stereocenters. The third-order valence-electron chi connectivity index (χ3n) is 4.95. The van der Waals surface area contributed by atoms with Crippen molar-refractivity contribution in [3.05, 3.63) is 16.1 Å². The summed E-state index contributed by atoms with van der Waals surface area (Å²) in [4.78, 5) is 8.64. The van der Waals surface area contributed by atoms with Crippen LogP contribution >= 0.6 is 11.3 Å². The molecule has 0 N–H and O–H groups in total. The zero-order valence-electron chi connectivity index (χ0n) is 12.7. The van der Waals surface area contributed by atoms with Gasteiger partial charge in [-0.2, -0.15) is 0 Å². The molecule has 112 valence electrons. The van der Waals surface area contributed by atoms with Gasteiger partial charge in [-0.3, -0.25) is 0 Å². The normalized spacial score (nSPS) is 24.9. The van der Waals surface area contributed by atoms with Crippen molar-refractivity contribution < 1.29 is 4.74 Å². The van der Waals surface area contributed by atoms with Crippen molar-refractivity contribution in [3.8, 4) is 0 Å². The SMILES string of the molecule is Cc1cnc(C2(C)CCN(CC3CCOCC3)CC2)s1. The fraction of sp³-hybridized carbons (Fsp3) is 0.812. The summed E-state index contributed by atoms with van der Waals surface area (Å²) in [5, 5.41) is 1.35. The lowest BCUT2D eigenvalue weighted by Gasteiger charge is -2.40. The summed E-state index contributed by atoms with van der Waals surface area (Å²) in [5.41, 5.74) is 0.311. The average molecular weight is 294 g/mol. The Labute approximate surface area is 126 Å². The predicted octanol–water partition coefficient (Wildman–Crippen LogP) is 3.23. The highest BCUT2D eigenvalue weighted by molar-refractivity contribution is 7.11. The van der Waals surface area contributed by atoms with Crippen LogP contribution in [0.25, 0.3) is 0 Å². The van der Waals surface area contributed by atoms with E-state index in [1.807, 2.05) is 17.5 Å². The Balaban J connectivity index is 1.53. The third-order valence-corrected chi connectivity index (χ3v) is 6.17. The number of likely N-dealkylation sites (tertiary alicyclic amines) is 1. The minimum Gasteiger partial charge on any atom is -0.381 e. The topological polar surface area (TPSA) is 25.4 Å². The maximum absolute atomic E-state index is 5.46. The van der Waals surface area contributed by atoms with E-state index in [4.69, 9.17) is 4.74 Å². The van der Waals surface area contributed by atoms with Gasteiger partial charge < -0.3 is 9.64 Å². The fourth-order valence-corrected chi connectivity index (χ4v) is 4.34. The first kappa shape index (κ1) is 14.5. The molecule has 0 amide bonds. The summed E-state index contributed by atoms with van der Waals surface area (Å²) >= 11 is 1.88. The molecule has 20 heavy (non-hydrogen) atoms. The number of thiazole rings is 1. The van der Waals surface area contributed by atoms with Crippen LogP contribution in [-0.2, 0) is 10.2 Å². The Hall–Kier alpha value is -0.450. The van der Waals surface area contributed by atoms with Gasteiger partial charge in [0.1, 0.15) is 0 Å². The molecule has 3 rings (SSSR count). The maximum Gasteiger partial charge on any atom is 0.0987 e. The Morgan fingerprint density at radius 2 is 2.05 bits per heavy atom. The molecule has 0 aliphatic carbocycles. The molecule has 1 aromatic rings. The molecule has 4 heteroatoms. The number of nitrogens with zero attached hydrogens (tertiary/aromatic N) is 2. The molecule has 0 aromatic carbocycles. The summed E-state index contributed by atoms with van der Waals surface area (Å²) in [6.07, 6.45) is 7.03. The van der Waals surface area contributed by atoms with E-state index in [1.165, 1.54) is 55.2 Å². The Bertz CT molecular complexity index is 431. The van der Waals surface area contributed by atoms with Gasteiger partial charge in [-0.25, -0.2) is 4.98 Å². The van der Waals surface area contributed by atoms with E-state index >= 15 is 0 Å². The van der Waals surface area contributed by atoms with Crippen molar-refractivity contribution in [3.63, 3.8) is 0 Å². The van der Waals surface area contributed by atoms with Gasteiger partial charge in [0.05, 0.1) is 5.01 Å². The highest BCUT2D eigenvalue weighted by atomic mass is 32.1. The van der Waals surface area contributed by atoms with Crippen molar-refractivity contribution in [1.82, 2.24) is 9.88 Å². The number of aromatic nitrogens is 1. The average Bonchev–Trinajstić information content (AvgIpc) is 2.90. The highest BCUT2D eigenvalue weighted by Gasteiger charge is 2.34. The summed E-state index contributed by atoms with van der Waals surface area (Å²) in [5.74, 6) is 0.857. The highest BCUT2D eigenvalue weighted by Crippen LogP contribution is 2.37. The van der Waals surface area contributed by atoms with Crippen molar-refractivity contribution >= 4 is 11.3 Å². The summed E-state index contributed by atoms with van der Waals surface area (Å²) in [6.45, 7) is 10.2.